The molecule has 0 saturated heterocycles. The van der Waals surface area contributed by atoms with E-state index >= 15 is 0 Å². The zero-order valence-electron chi connectivity index (χ0n) is 19.5. The van der Waals surface area contributed by atoms with Crippen LogP contribution in [0.4, 0.5) is 0 Å². The van der Waals surface area contributed by atoms with Gasteiger partial charge in [-0.15, -0.1) is 0 Å². The van der Waals surface area contributed by atoms with Crippen molar-refractivity contribution in [2.75, 3.05) is 0 Å². The van der Waals surface area contributed by atoms with Gasteiger partial charge in [-0.25, -0.2) is 8.42 Å². The summed E-state index contributed by atoms with van der Waals surface area (Å²) in [6.07, 6.45) is 4.23. The van der Waals surface area contributed by atoms with Gasteiger partial charge in [0, 0.05) is 12.0 Å². The minimum Gasteiger partial charge on any atom is -0.294 e. The number of ketones is 1. The van der Waals surface area contributed by atoms with Crippen molar-refractivity contribution < 1.29 is 13.2 Å². The highest BCUT2D eigenvalue weighted by Gasteiger charge is 2.29. The molecule has 0 amide bonds. The molecule has 1 aliphatic carbocycles. The van der Waals surface area contributed by atoms with E-state index in [9.17, 15) is 13.2 Å². The molecule has 2 aromatic rings. The first-order chi connectivity index (χ1) is 14.5. The van der Waals surface area contributed by atoms with Gasteiger partial charge in [0.05, 0.1) is 10.5 Å². The van der Waals surface area contributed by atoms with Crippen LogP contribution in [0, 0.1) is 11.8 Å². The van der Waals surface area contributed by atoms with Gasteiger partial charge in [-0.3, -0.25) is 4.79 Å². The van der Waals surface area contributed by atoms with Crippen LogP contribution in [0.5, 0.6) is 0 Å². The molecular formula is C27H36O3S. The third kappa shape index (κ3) is 5.65. The fourth-order valence-corrected chi connectivity index (χ4v) is 5.51. The first kappa shape index (κ1) is 23.7. The van der Waals surface area contributed by atoms with Crippen LogP contribution in [0.25, 0.3) is 0 Å². The minimum absolute atomic E-state index is 0.00929. The summed E-state index contributed by atoms with van der Waals surface area (Å²) in [5.74, 6) is 2.12. The number of hydrogen-bond donors (Lipinski definition) is 0. The van der Waals surface area contributed by atoms with E-state index < -0.39 is 14.6 Å². The largest absolute Gasteiger partial charge is 0.294 e. The van der Waals surface area contributed by atoms with Gasteiger partial charge in [0.1, 0.15) is 0 Å². The standard InChI is InChI=1S/C27H36O3S/c1-19-7-6-8-25(20(19)2)23-13-9-21(10-14-23)17-26(28)24-15-11-22(12-16-24)18-31(29,30)27(3,4)5/h9-16,19-20,25H,6-8,17-18H2,1-5H3. The summed E-state index contributed by atoms with van der Waals surface area (Å²) in [4.78, 5) is 12.7. The second-order valence-corrected chi connectivity index (χ2v) is 13.0. The molecule has 1 aliphatic rings. The monoisotopic (exact) mass is 440 g/mol. The van der Waals surface area contributed by atoms with E-state index in [1.165, 1.54) is 24.8 Å². The Kier molecular flexibility index (Phi) is 7.10. The molecule has 168 valence electrons. The van der Waals surface area contributed by atoms with Crippen molar-refractivity contribution in [1.82, 2.24) is 0 Å². The molecule has 2 aromatic carbocycles. The van der Waals surface area contributed by atoms with Crippen molar-refractivity contribution in [3.8, 4) is 0 Å². The molecular weight excluding hydrogens is 404 g/mol. The molecule has 1 saturated carbocycles. The zero-order valence-corrected chi connectivity index (χ0v) is 20.3. The van der Waals surface area contributed by atoms with E-state index in [0.29, 0.717) is 29.4 Å². The Bertz CT molecular complexity index is 996. The van der Waals surface area contributed by atoms with Gasteiger partial charge in [-0.05, 0) is 61.6 Å². The predicted molar refractivity (Wildman–Crippen MR) is 128 cm³/mol. The molecule has 1 fully saturated rings. The molecule has 0 heterocycles. The third-order valence-corrected chi connectivity index (χ3v) is 9.62. The maximum atomic E-state index is 12.7. The fraction of sp³-hybridized carbons (Fsp3) is 0.519. The second-order valence-electron chi connectivity index (χ2n) is 10.3. The Morgan fingerprint density at radius 2 is 1.48 bits per heavy atom. The SMILES string of the molecule is CC1CCCC(c2ccc(CC(=O)c3ccc(CS(=O)(=O)C(C)(C)C)cc3)cc2)C1C. The zero-order chi connectivity index (χ0) is 22.8. The summed E-state index contributed by atoms with van der Waals surface area (Å²) in [6.45, 7) is 9.85. The van der Waals surface area contributed by atoms with E-state index in [1.54, 1.807) is 45.0 Å². The first-order valence-electron chi connectivity index (χ1n) is 11.4. The van der Waals surface area contributed by atoms with E-state index in [4.69, 9.17) is 0 Å². The van der Waals surface area contributed by atoms with Crippen molar-refractivity contribution in [3.05, 3.63) is 70.8 Å². The lowest BCUT2D eigenvalue weighted by Crippen LogP contribution is -2.29. The second kappa shape index (κ2) is 9.28. The smallest absolute Gasteiger partial charge is 0.167 e. The van der Waals surface area contributed by atoms with Crippen molar-refractivity contribution in [2.45, 2.75) is 76.7 Å². The number of sulfone groups is 1. The van der Waals surface area contributed by atoms with Gasteiger partial charge in [0.25, 0.3) is 0 Å². The molecule has 0 radical (unpaired) electrons. The summed E-state index contributed by atoms with van der Waals surface area (Å²) in [5.41, 5.74) is 3.74. The summed E-state index contributed by atoms with van der Waals surface area (Å²) >= 11 is 0. The number of carbonyl (C=O) groups excluding carboxylic acids is 1. The summed E-state index contributed by atoms with van der Waals surface area (Å²) in [6, 6.07) is 15.6. The number of carbonyl (C=O) groups is 1. The van der Waals surface area contributed by atoms with Gasteiger partial charge in [0.15, 0.2) is 15.6 Å². The van der Waals surface area contributed by atoms with Crippen LogP contribution < -0.4 is 0 Å². The average Bonchev–Trinajstić information content (AvgIpc) is 2.70. The van der Waals surface area contributed by atoms with Gasteiger partial charge in [-0.2, -0.15) is 0 Å². The third-order valence-electron chi connectivity index (χ3n) is 7.05. The van der Waals surface area contributed by atoms with E-state index in [0.717, 1.165) is 11.5 Å². The number of hydrogen-bond acceptors (Lipinski definition) is 3. The molecule has 0 aromatic heterocycles. The Morgan fingerprint density at radius 3 is 2.06 bits per heavy atom. The lowest BCUT2D eigenvalue weighted by Gasteiger charge is -2.34. The molecule has 3 rings (SSSR count). The Balaban J connectivity index is 1.64. The molecule has 0 aliphatic heterocycles. The first-order valence-corrected chi connectivity index (χ1v) is 13.1. The summed E-state index contributed by atoms with van der Waals surface area (Å²) in [5, 5.41) is 0. The van der Waals surface area contributed by atoms with Gasteiger partial charge >= 0.3 is 0 Å². The van der Waals surface area contributed by atoms with Crippen molar-refractivity contribution in [1.29, 1.82) is 0 Å². The minimum atomic E-state index is -3.24. The highest BCUT2D eigenvalue weighted by Crippen LogP contribution is 2.40. The maximum Gasteiger partial charge on any atom is 0.167 e. The molecule has 0 spiro atoms. The van der Waals surface area contributed by atoms with Crippen molar-refractivity contribution in [3.63, 3.8) is 0 Å². The molecule has 3 unspecified atom stereocenters. The number of rotatable bonds is 6. The lowest BCUT2D eigenvalue weighted by molar-refractivity contribution is 0.0993. The number of Topliss-reactive ketones (excluding diaryl/α,β-unsaturated/α-hetero) is 1. The normalized spacial score (nSPS) is 22.3. The van der Waals surface area contributed by atoms with Gasteiger partial charge in [0.2, 0.25) is 0 Å². The van der Waals surface area contributed by atoms with E-state index in [2.05, 4.69) is 38.1 Å². The van der Waals surface area contributed by atoms with Crippen LogP contribution in [0.1, 0.15) is 86.8 Å². The van der Waals surface area contributed by atoms with Crippen LogP contribution in [0.3, 0.4) is 0 Å². The maximum absolute atomic E-state index is 12.7. The predicted octanol–water partition coefficient (Wildman–Crippen LogP) is 6.37. The van der Waals surface area contributed by atoms with Crippen LogP contribution in [-0.2, 0) is 22.0 Å². The number of benzene rings is 2. The topological polar surface area (TPSA) is 51.2 Å². The molecule has 0 bridgehead atoms. The van der Waals surface area contributed by atoms with Gasteiger partial charge in [-0.1, -0.05) is 75.2 Å². The van der Waals surface area contributed by atoms with Crippen molar-refractivity contribution in [2.24, 2.45) is 11.8 Å². The molecule has 3 atom stereocenters. The average molecular weight is 441 g/mol. The van der Waals surface area contributed by atoms with Crippen LogP contribution in [0.15, 0.2) is 48.5 Å². The molecule has 4 heteroatoms. The lowest BCUT2D eigenvalue weighted by atomic mass is 9.71. The molecule has 3 nitrogen and oxygen atoms in total. The van der Waals surface area contributed by atoms with Crippen molar-refractivity contribution >= 4 is 15.6 Å². The highest BCUT2D eigenvalue weighted by molar-refractivity contribution is 7.91. The molecule has 31 heavy (non-hydrogen) atoms. The van der Waals surface area contributed by atoms with Crippen LogP contribution >= 0.6 is 0 Å². The van der Waals surface area contributed by atoms with Gasteiger partial charge < -0.3 is 0 Å². The fourth-order valence-electron chi connectivity index (χ4n) is 4.45. The quantitative estimate of drug-likeness (QED) is 0.491. The Morgan fingerprint density at radius 1 is 0.903 bits per heavy atom. The molecule has 0 N–H and O–H groups in total. The summed E-state index contributed by atoms with van der Waals surface area (Å²) in [7, 11) is -3.24. The van der Waals surface area contributed by atoms with E-state index in [1.807, 2.05) is 0 Å². The Labute approximate surface area is 188 Å². The van der Waals surface area contributed by atoms with Crippen LogP contribution in [-0.4, -0.2) is 18.9 Å². The Hall–Kier alpha value is -1.94. The van der Waals surface area contributed by atoms with Crippen LogP contribution in [0.2, 0.25) is 0 Å². The van der Waals surface area contributed by atoms with E-state index in [-0.39, 0.29) is 11.5 Å². The highest BCUT2D eigenvalue weighted by atomic mass is 32.2. The summed E-state index contributed by atoms with van der Waals surface area (Å²) < 4.78 is 24.0.